The molecule has 0 unspecified atom stereocenters. The molecule has 0 radical (unpaired) electrons. The van der Waals surface area contributed by atoms with Crippen molar-refractivity contribution >= 4 is 34.7 Å². The summed E-state index contributed by atoms with van der Waals surface area (Å²) in [4.78, 5) is 67.9. The SMILES string of the molecule is CC(=O)CC(=O)[CH2][Co]([CH2]C(=O)CC(C)=O)[CH2]C(=O)CC(C)=O. The predicted molar refractivity (Wildman–Crippen MR) is 75.3 cm³/mol. The van der Waals surface area contributed by atoms with Crippen LogP contribution in [0, 0.1) is 0 Å². The molecule has 22 heavy (non-hydrogen) atoms. The molecule has 0 heterocycles. The van der Waals surface area contributed by atoms with Crippen molar-refractivity contribution in [3.8, 4) is 0 Å². The van der Waals surface area contributed by atoms with E-state index in [1.165, 1.54) is 20.8 Å². The molecule has 0 bridgehead atoms. The monoisotopic (exact) mass is 356 g/mol. The Hall–Kier alpha value is -1.47. The number of carbonyl (C=O) groups is 6. The first kappa shape index (κ1) is 20.5. The fraction of sp³-hybridized carbons (Fsp3) is 0.600. The average molecular weight is 356 g/mol. The van der Waals surface area contributed by atoms with Gasteiger partial charge in [0.15, 0.2) is 0 Å². The van der Waals surface area contributed by atoms with Crippen LogP contribution < -0.4 is 0 Å². The van der Waals surface area contributed by atoms with E-state index in [1.807, 2.05) is 0 Å². The van der Waals surface area contributed by atoms with Crippen LogP contribution in [0.15, 0.2) is 0 Å². The summed E-state index contributed by atoms with van der Waals surface area (Å²) in [5, 5.41) is -0.0421. The molecule has 0 aliphatic rings. The molecule has 0 saturated heterocycles. The Kier molecular flexibility index (Phi) is 9.60. The van der Waals surface area contributed by atoms with Gasteiger partial charge in [0.2, 0.25) is 0 Å². The molecule has 0 aliphatic heterocycles. The summed E-state index contributed by atoms with van der Waals surface area (Å²) in [7, 11) is 0. The molecule has 7 heteroatoms. The van der Waals surface area contributed by atoms with E-state index in [0.29, 0.717) is 0 Å². The third kappa shape index (κ3) is 11.2. The second kappa shape index (κ2) is 10.3. The first-order valence-corrected chi connectivity index (χ1v) is 8.82. The van der Waals surface area contributed by atoms with Gasteiger partial charge in [-0.05, 0) is 0 Å². The average Bonchev–Trinajstić information content (AvgIpc) is 2.23. The van der Waals surface area contributed by atoms with Gasteiger partial charge in [-0.15, -0.1) is 0 Å². The Balaban J connectivity index is 4.74. The zero-order chi connectivity index (χ0) is 17.3. The molecule has 0 N–H and O–H groups in total. The quantitative estimate of drug-likeness (QED) is 0.491. The van der Waals surface area contributed by atoms with Gasteiger partial charge in [-0.2, -0.15) is 0 Å². The molecule has 0 aromatic rings. The van der Waals surface area contributed by atoms with Crippen LogP contribution in [0.5, 0.6) is 0 Å². The van der Waals surface area contributed by atoms with Gasteiger partial charge in [-0.25, -0.2) is 0 Å². The van der Waals surface area contributed by atoms with E-state index in [0.717, 1.165) is 0 Å². The van der Waals surface area contributed by atoms with Crippen LogP contribution >= 0.6 is 0 Å². The Morgan fingerprint density at radius 1 is 0.545 bits per heavy atom. The van der Waals surface area contributed by atoms with Crippen LogP contribution in [-0.4, -0.2) is 34.7 Å². The summed E-state index contributed by atoms with van der Waals surface area (Å²) in [6.07, 6.45) is -0.667. The van der Waals surface area contributed by atoms with Gasteiger partial charge in [0.25, 0.3) is 0 Å². The molecule has 0 fully saturated rings. The van der Waals surface area contributed by atoms with E-state index in [2.05, 4.69) is 0 Å². The number of rotatable bonds is 12. The fourth-order valence-electron chi connectivity index (χ4n) is 1.64. The van der Waals surface area contributed by atoms with Crippen LogP contribution in [-0.2, 0) is 42.4 Å². The van der Waals surface area contributed by atoms with Gasteiger partial charge < -0.3 is 0 Å². The summed E-state index contributed by atoms with van der Waals surface area (Å²) in [6.45, 7) is 3.88. The third-order valence-electron chi connectivity index (χ3n) is 2.23. The van der Waals surface area contributed by atoms with E-state index >= 15 is 0 Å². The Morgan fingerprint density at radius 3 is 0.955 bits per heavy atom. The standard InChI is InChI=1S/3C5H7O2.Co/c3*1-4(6)3-5(2)7;/h3*1,3H2,2H3;. The molecule has 0 spiro atoms. The van der Waals surface area contributed by atoms with Gasteiger partial charge >= 0.3 is 133 Å². The van der Waals surface area contributed by atoms with Crippen molar-refractivity contribution in [2.24, 2.45) is 0 Å². The molecule has 0 saturated carbocycles. The van der Waals surface area contributed by atoms with Crippen molar-refractivity contribution < 1.29 is 42.4 Å². The molecule has 0 rings (SSSR count). The van der Waals surface area contributed by atoms with E-state index in [9.17, 15) is 28.8 Å². The van der Waals surface area contributed by atoms with Crippen molar-refractivity contribution in [1.82, 2.24) is 0 Å². The number of ketones is 6. The van der Waals surface area contributed by atoms with Gasteiger partial charge in [0.1, 0.15) is 0 Å². The zero-order valence-corrected chi connectivity index (χ0v) is 14.1. The van der Waals surface area contributed by atoms with Crippen LogP contribution in [0.2, 0.25) is 16.1 Å². The van der Waals surface area contributed by atoms with Crippen LogP contribution in [0.4, 0.5) is 0 Å². The molecular weight excluding hydrogens is 335 g/mol. The van der Waals surface area contributed by atoms with Crippen LogP contribution in [0.1, 0.15) is 40.0 Å². The zero-order valence-electron chi connectivity index (χ0n) is 13.0. The minimum absolute atomic E-state index is 0.0140. The van der Waals surface area contributed by atoms with Crippen molar-refractivity contribution in [1.29, 1.82) is 0 Å². The second-order valence-corrected chi connectivity index (χ2v) is 7.77. The Bertz CT molecular complexity index is 423. The topological polar surface area (TPSA) is 102 Å². The number of hydrogen-bond donors (Lipinski definition) is 0. The van der Waals surface area contributed by atoms with Crippen molar-refractivity contribution in [3.05, 3.63) is 0 Å². The molecule has 0 atom stereocenters. The van der Waals surface area contributed by atoms with E-state index in [-0.39, 0.29) is 70.0 Å². The molecule has 126 valence electrons. The summed E-state index contributed by atoms with van der Waals surface area (Å²) in [5.74, 6) is -1.77. The maximum absolute atomic E-state index is 11.7. The summed E-state index contributed by atoms with van der Waals surface area (Å²) >= 11 is -1.25. The Labute approximate surface area is 133 Å². The van der Waals surface area contributed by atoms with Crippen LogP contribution in [0.25, 0.3) is 0 Å². The number of hydrogen-bond acceptors (Lipinski definition) is 6. The number of Topliss-reactive ketones (excluding diaryl/α,β-unsaturated/α-hetero) is 6. The summed E-state index contributed by atoms with van der Waals surface area (Å²) < 4.78 is 0. The van der Waals surface area contributed by atoms with Crippen LogP contribution in [0.3, 0.4) is 0 Å². The van der Waals surface area contributed by atoms with Gasteiger partial charge in [-0.1, -0.05) is 0 Å². The Morgan fingerprint density at radius 2 is 0.773 bits per heavy atom. The molecule has 0 aromatic heterocycles. The number of carbonyl (C=O) groups excluding carboxylic acids is 6. The van der Waals surface area contributed by atoms with Crippen molar-refractivity contribution in [2.75, 3.05) is 0 Å². The summed E-state index contributed by atoms with van der Waals surface area (Å²) in [6, 6.07) is 0. The maximum atomic E-state index is 11.7. The molecular formula is C15H21CoO6. The van der Waals surface area contributed by atoms with Crippen molar-refractivity contribution in [3.63, 3.8) is 0 Å². The predicted octanol–water partition coefficient (Wildman–Crippen LogP) is 1.50. The van der Waals surface area contributed by atoms with E-state index < -0.39 is 13.7 Å². The minimum atomic E-state index is -1.25. The van der Waals surface area contributed by atoms with Gasteiger partial charge in [-0.3, -0.25) is 0 Å². The first-order chi connectivity index (χ1) is 10.1. The normalized spacial score (nSPS) is 10.8. The van der Waals surface area contributed by atoms with Gasteiger partial charge in [0.05, 0.1) is 0 Å². The van der Waals surface area contributed by atoms with E-state index in [4.69, 9.17) is 0 Å². The molecule has 6 nitrogen and oxygen atoms in total. The molecule has 0 aliphatic carbocycles. The van der Waals surface area contributed by atoms with Gasteiger partial charge in [0, 0.05) is 0 Å². The van der Waals surface area contributed by atoms with E-state index in [1.54, 1.807) is 0 Å². The fourth-order valence-corrected chi connectivity index (χ4v) is 4.16. The first-order valence-electron chi connectivity index (χ1n) is 6.61. The molecule has 0 amide bonds. The molecule has 0 aromatic carbocycles. The third-order valence-corrected chi connectivity index (χ3v) is 5.03. The summed E-state index contributed by atoms with van der Waals surface area (Å²) in [5.41, 5.74) is 0. The van der Waals surface area contributed by atoms with Crippen molar-refractivity contribution in [2.45, 2.75) is 56.1 Å². The second-order valence-electron chi connectivity index (χ2n) is 5.11.